The first-order valence-corrected chi connectivity index (χ1v) is 9.59. The molecule has 2 aliphatic rings. The van der Waals surface area contributed by atoms with Crippen LogP contribution in [-0.4, -0.2) is 65.8 Å². The number of piperidine rings is 1. The maximum absolute atomic E-state index is 13.0. The number of hydrogen-bond acceptors (Lipinski definition) is 6. The van der Waals surface area contributed by atoms with Crippen molar-refractivity contribution in [2.45, 2.75) is 25.8 Å². The van der Waals surface area contributed by atoms with Crippen LogP contribution >= 0.6 is 0 Å². The van der Waals surface area contributed by atoms with Gasteiger partial charge in [0.1, 0.15) is 0 Å². The standard InChI is InChI=1S/C20H26N4O3/c1-26-13-12-24-10-5-8-20(19(24)25)9-11-23(15-20)14-17-21-22-18(27-17)16-6-3-2-4-7-16/h2-4,6-7H,5,8-15H2,1H3/t20-/m0/s1. The summed E-state index contributed by atoms with van der Waals surface area (Å²) in [5.41, 5.74) is 0.666. The third kappa shape index (κ3) is 3.75. The molecule has 27 heavy (non-hydrogen) atoms. The van der Waals surface area contributed by atoms with Gasteiger partial charge in [-0.25, -0.2) is 0 Å². The molecule has 144 valence electrons. The van der Waals surface area contributed by atoms with Crippen molar-refractivity contribution >= 4 is 5.91 Å². The number of rotatable bonds is 6. The Hall–Kier alpha value is -2.25. The maximum Gasteiger partial charge on any atom is 0.247 e. The van der Waals surface area contributed by atoms with Crippen LogP contribution < -0.4 is 0 Å². The molecule has 1 amide bonds. The van der Waals surface area contributed by atoms with Crippen molar-refractivity contribution in [2.24, 2.45) is 5.41 Å². The third-order valence-electron chi connectivity index (χ3n) is 5.67. The molecule has 2 aliphatic heterocycles. The second kappa shape index (κ2) is 7.78. The number of nitrogens with zero attached hydrogens (tertiary/aromatic N) is 4. The molecule has 3 heterocycles. The first-order valence-electron chi connectivity index (χ1n) is 9.59. The maximum atomic E-state index is 13.0. The predicted molar refractivity (Wildman–Crippen MR) is 99.8 cm³/mol. The van der Waals surface area contributed by atoms with Crippen molar-refractivity contribution in [1.82, 2.24) is 20.0 Å². The van der Waals surface area contributed by atoms with Crippen molar-refractivity contribution in [3.63, 3.8) is 0 Å². The Kier molecular flexibility index (Phi) is 5.22. The number of likely N-dealkylation sites (tertiary alicyclic amines) is 2. The van der Waals surface area contributed by atoms with Gasteiger partial charge in [0.25, 0.3) is 0 Å². The van der Waals surface area contributed by atoms with Crippen LogP contribution in [0.15, 0.2) is 34.7 Å². The van der Waals surface area contributed by atoms with E-state index in [1.54, 1.807) is 7.11 Å². The summed E-state index contributed by atoms with van der Waals surface area (Å²) < 4.78 is 11.0. The summed E-state index contributed by atoms with van der Waals surface area (Å²) in [7, 11) is 1.68. The number of ether oxygens (including phenoxy) is 1. The largest absolute Gasteiger partial charge is 0.419 e. The fourth-order valence-electron chi connectivity index (χ4n) is 4.25. The molecule has 4 rings (SSSR count). The minimum atomic E-state index is -0.256. The van der Waals surface area contributed by atoms with Gasteiger partial charge in [0.2, 0.25) is 17.7 Å². The van der Waals surface area contributed by atoms with E-state index in [0.29, 0.717) is 31.5 Å². The molecule has 2 aromatic rings. The fourth-order valence-corrected chi connectivity index (χ4v) is 4.25. The number of methoxy groups -OCH3 is 1. The SMILES string of the molecule is COCCN1CCC[C@@]2(CCN(Cc3nnc(-c4ccccc4)o3)C2)C1=O. The summed E-state index contributed by atoms with van der Waals surface area (Å²) in [6.45, 7) is 4.35. The van der Waals surface area contributed by atoms with Crippen molar-refractivity contribution in [2.75, 3.05) is 39.9 Å². The molecule has 0 unspecified atom stereocenters. The van der Waals surface area contributed by atoms with E-state index >= 15 is 0 Å². The molecule has 1 aromatic heterocycles. The van der Waals surface area contributed by atoms with Gasteiger partial charge in [-0.1, -0.05) is 18.2 Å². The zero-order valence-electron chi connectivity index (χ0n) is 15.8. The number of hydrogen-bond donors (Lipinski definition) is 0. The van der Waals surface area contributed by atoms with E-state index in [1.807, 2.05) is 35.2 Å². The zero-order valence-corrected chi connectivity index (χ0v) is 15.8. The molecular weight excluding hydrogens is 344 g/mol. The van der Waals surface area contributed by atoms with E-state index < -0.39 is 0 Å². The highest BCUT2D eigenvalue weighted by molar-refractivity contribution is 5.84. The molecule has 1 aromatic carbocycles. The second-order valence-electron chi connectivity index (χ2n) is 7.50. The van der Waals surface area contributed by atoms with Crippen LogP contribution in [0.4, 0.5) is 0 Å². The van der Waals surface area contributed by atoms with Gasteiger partial charge in [0.05, 0.1) is 18.6 Å². The van der Waals surface area contributed by atoms with Crippen LogP contribution in [0.25, 0.3) is 11.5 Å². The highest BCUT2D eigenvalue weighted by Crippen LogP contribution is 2.40. The topological polar surface area (TPSA) is 71.7 Å². The van der Waals surface area contributed by atoms with Gasteiger partial charge >= 0.3 is 0 Å². The van der Waals surface area contributed by atoms with E-state index in [0.717, 1.165) is 44.5 Å². The summed E-state index contributed by atoms with van der Waals surface area (Å²) in [4.78, 5) is 17.3. The molecule has 2 fully saturated rings. The molecule has 0 radical (unpaired) electrons. The highest BCUT2D eigenvalue weighted by Gasteiger charge is 2.48. The number of benzene rings is 1. The minimum absolute atomic E-state index is 0.256. The lowest BCUT2D eigenvalue weighted by Crippen LogP contribution is -2.50. The Balaban J connectivity index is 1.40. The van der Waals surface area contributed by atoms with Crippen molar-refractivity contribution in [3.8, 4) is 11.5 Å². The van der Waals surface area contributed by atoms with Crippen LogP contribution in [-0.2, 0) is 16.1 Å². The Bertz CT molecular complexity index is 779. The minimum Gasteiger partial charge on any atom is -0.419 e. The Labute approximate surface area is 159 Å². The fraction of sp³-hybridized carbons (Fsp3) is 0.550. The predicted octanol–water partition coefficient (Wildman–Crippen LogP) is 2.20. The lowest BCUT2D eigenvalue weighted by atomic mass is 9.78. The summed E-state index contributed by atoms with van der Waals surface area (Å²) in [5.74, 6) is 1.42. The Morgan fingerprint density at radius 3 is 2.85 bits per heavy atom. The third-order valence-corrected chi connectivity index (χ3v) is 5.67. The summed E-state index contributed by atoms with van der Waals surface area (Å²) >= 11 is 0. The first kappa shape index (κ1) is 18.1. The van der Waals surface area contributed by atoms with Crippen LogP contribution in [0, 0.1) is 5.41 Å². The molecule has 0 saturated carbocycles. The lowest BCUT2D eigenvalue weighted by molar-refractivity contribution is -0.146. The highest BCUT2D eigenvalue weighted by atomic mass is 16.5. The van der Waals surface area contributed by atoms with E-state index in [1.165, 1.54) is 0 Å². The van der Waals surface area contributed by atoms with Gasteiger partial charge in [-0.15, -0.1) is 10.2 Å². The van der Waals surface area contributed by atoms with Crippen LogP contribution in [0.2, 0.25) is 0 Å². The lowest BCUT2D eigenvalue weighted by Gasteiger charge is -2.39. The van der Waals surface area contributed by atoms with E-state index in [4.69, 9.17) is 9.15 Å². The number of carbonyl (C=O) groups excluding carboxylic acids is 1. The van der Waals surface area contributed by atoms with Crippen molar-refractivity contribution in [3.05, 3.63) is 36.2 Å². The average Bonchev–Trinajstić information content (AvgIpc) is 3.32. The number of carbonyl (C=O) groups is 1. The monoisotopic (exact) mass is 370 g/mol. The van der Waals surface area contributed by atoms with Crippen molar-refractivity contribution in [1.29, 1.82) is 0 Å². The molecule has 0 aliphatic carbocycles. The smallest absolute Gasteiger partial charge is 0.247 e. The first-order chi connectivity index (χ1) is 13.2. The normalized spacial score (nSPS) is 23.4. The molecular formula is C20H26N4O3. The molecule has 0 bridgehead atoms. The van der Waals surface area contributed by atoms with Crippen LogP contribution in [0.5, 0.6) is 0 Å². The van der Waals surface area contributed by atoms with E-state index in [9.17, 15) is 4.79 Å². The average molecular weight is 370 g/mol. The molecule has 1 atom stereocenters. The van der Waals surface area contributed by atoms with Gasteiger partial charge in [-0.05, 0) is 37.9 Å². The quantitative estimate of drug-likeness (QED) is 0.776. The molecule has 0 N–H and O–H groups in total. The molecule has 7 nitrogen and oxygen atoms in total. The Morgan fingerprint density at radius 1 is 1.19 bits per heavy atom. The van der Waals surface area contributed by atoms with Gasteiger partial charge < -0.3 is 14.1 Å². The van der Waals surface area contributed by atoms with Gasteiger partial charge in [0.15, 0.2) is 0 Å². The second-order valence-corrected chi connectivity index (χ2v) is 7.50. The zero-order chi connectivity index (χ0) is 18.7. The molecule has 1 spiro atoms. The molecule has 2 saturated heterocycles. The van der Waals surface area contributed by atoms with Gasteiger partial charge in [0, 0.05) is 32.3 Å². The van der Waals surface area contributed by atoms with E-state index in [-0.39, 0.29) is 11.3 Å². The van der Waals surface area contributed by atoms with E-state index in [2.05, 4.69) is 15.1 Å². The van der Waals surface area contributed by atoms with Gasteiger partial charge in [-0.2, -0.15) is 0 Å². The summed E-state index contributed by atoms with van der Waals surface area (Å²) in [6, 6.07) is 9.78. The molecule has 7 heteroatoms. The Morgan fingerprint density at radius 2 is 2.04 bits per heavy atom. The van der Waals surface area contributed by atoms with Crippen molar-refractivity contribution < 1.29 is 13.9 Å². The van der Waals surface area contributed by atoms with Crippen LogP contribution in [0.1, 0.15) is 25.2 Å². The summed E-state index contributed by atoms with van der Waals surface area (Å²) in [5, 5.41) is 8.35. The van der Waals surface area contributed by atoms with Crippen LogP contribution in [0.3, 0.4) is 0 Å². The number of amides is 1. The van der Waals surface area contributed by atoms with Gasteiger partial charge in [-0.3, -0.25) is 9.69 Å². The number of aromatic nitrogens is 2. The summed E-state index contributed by atoms with van der Waals surface area (Å²) in [6.07, 6.45) is 2.92.